The number of methoxy groups -OCH3 is 1. The molecule has 0 spiro atoms. The summed E-state index contributed by atoms with van der Waals surface area (Å²) in [5.41, 5.74) is 0.255. The van der Waals surface area contributed by atoms with Gasteiger partial charge in [-0.05, 0) is 49.2 Å². The van der Waals surface area contributed by atoms with Crippen molar-refractivity contribution in [1.29, 1.82) is 5.26 Å². The van der Waals surface area contributed by atoms with Crippen molar-refractivity contribution in [2.24, 2.45) is 0 Å². The van der Waals surface area contributed by atoms with Crippen molar-refractivity contribution < 1.29 is 19.1 Å². The molecule has 156 valence electrons. The SMILES string of the molecule is COc1ccccc1C(=O)Nc1ccc(OCC(=O)NC2(C#N)CCCCC2)cc1. The third-order valence-corrected chi connectivity index (χ3v) is 5.13. The van der Waals surface area contributed by atoms with Crippen LogP contribution in [0.5, 0.6) is 11.5 Å². The first kappa shape index (κ1) is 21.2. The Morgan fingerprint density at radius 2 is 1.77 bits per heavy atom. The van der Waals surface area contributed by atoms with E-state index in [2.05, 4.69) is 16.7 Å². The van der Waals surface area contributed by atoms with E-state index >= 15 is 0 Å². The third-order valence-electron chi connectivity index (χ3n) is 5.13. The lowest BCUT2D eigenvalue weighted by atomic mass is 9.83. The second-order valence-electron chi connectivity index (χ2n) is 7.27. The predicted octanol–water partition coefficient (Wildman–Crippen LogP) is 3.67. The van der Waals surface area contributed by atoms with Crippen LogP contribution in [0.1, 0.15) is 42.5 Å². The van der Waals surface area contributed by atoms with E-state index in [1.165, 1.54) is 7.11 Å². The molecule has 0 radical (unpaired) electrons. The van der Waals surface area contributed by atoms with Crippen molar-refractivity contribution in [3.05, 3.63) is 54.1 Å². The Bertz CT molecular complexity index is 928. The lowest BCUT2D eigenvalue weighted by molar-refractivity contribution is -0.124. The van der Waals surface area contributed by atoms with Crippen molar-refractivity contribution in [2.45, 2.75) is 37.6 Å². The molecule has 0 heterocycles. The Balaban J connectivity index is 1.52. The molecule has 0 saturated heterocycles. The minimum absolute atomic E-state index is 0.170. The molecule has 30 heavy (non-hydrogen) atoms. The zero-order valence-corrected chi connectivity index (χ0v) is 16.9. The van der Waals surface area contributed by atoms with Gasteiger partial charge in [0.25, 0.3) is 11.8 Å². The average molecular weight is 407 g/mol. The number of hydrogen-bond donors (Lipinski definition) is 2. The highest BCUT2D eigenvalue weighted by Crippen LogP contribution is 2.27. The molecular weight excluding hydrogens is 382 g/mol. The van der Waals surface area contributed by atoms with Crippen molar-refractivity contribution in [3.63, 3.8) is 0 Å². The molecule has 0 aliphatic heterocycles. The summed E-state index contributed by atoms with van der Waals surface area (Å²) in [5.74, 6) is 0.394. The second-order valence-corrected chi connectivity index (χ2v) is 7.27. The minimum Gasteiger partial charge on any atom is -0.496 e. The first-order valence-electron chi connectivity index (χ1n) is 9.95. The highest BCUT2D eigenvalue weighted by Gasteiger charge is 2.33. The number of nitrogens with zero attached hydrogens (tertiary/aromatic N) is 1. The summed E-state index contributed by atoms with van der Waals surface area (Å²) in [5, 5.41) is 15.1. The van der Waals surface area contributed by atoms with E-state index in [1.54, 1.807) is 48.5 Å². The molecule has 7 nitrogen and oxygen atoms in total. The number of hydrogen-bond acceptors (Lipinski definition) is 5. The molecule has 2 N–H and O–H groups in total. The van der Waals surface area contributed by atoms with Crippen molar-refractivity contribution in [2.75, 3.05) is 19.0 Å². The molecule has 0 atom stereocenters. The summed E-state index contributed by atoms with van der Waals surface area (Å²) in [6.07, 6.45) is 4.33. The van der Waals surface area contributed by atoms with E-state index in [4.69, 9.17) is 9.47 Å². The van der Waals surface area contributed by atoms with Crippen LogP contribution in [-0.4, -0.2) is 31.1 Å². The molecular formula is C23H25N3O4. The van der Waals surface area contributed by atoms with Crippen LogP contribution in [-0.2, 0) is 4.79 Å². The van der Waals surface area contributed by atoms with Crippen LogP contribution in [0.15, 0.2) is 48.5 Å². The van der Waals surface area contributed by atoms with Gasteiger partial charge in [0, 0.05) is 5.69 Å². The Kier molecular flexibility index (Phi) is 6.91. The highest BCUT2D eigenvalue weighted by molar-refractivity contribution is 6.06. The maximum atomic E-state index is 12.4. The smallest absolute Gasteiger partial charge is 0.259 e. The maximum absolute atomic E-state index is 12.4. The van der Waals surface area contributed by atoms with E-state index in [9.17, 15) is 14.9 Å². The van der Waals surface area contributed by atoms with Crippen LogP contribution in [0.4, 0.5) is 5.69 Å². The molecule has 0 unspecified atom stereocenters. The Labute approximate surface area is 176 Å². The molecule has 1 aliphatic carbocycles. The van der Waals surface area contributed by atoms with E-state index in [0.717, 1.165) is 19.3 Å². The maximum Gasteiger partial charge on any atom is 0.259 e. The predicted molar refractivity (Wildman–Crippen MR) is 112 cm³/mol. The van der Waals surface area contributed by atoms with E-state index in [-0.39, 0.29) is 18.4 Å². The summed E-state index contributed by atoms with van der Waals surface area (Å²) < 4.78 is 10.7. The number of ether oxygens (including phenoxy) is 2. The summed E-state index contributed by atoms with van der Waals surface area (Å²) in [6, 6.07) is 16.0. The first-order chi connectivity index (χ1) is 14.5. The number of para-hydroxylation sites is 1. The summed E-state index contributed by atoms with van der Waals surface area (Å²) in [4.78, 5) is 24.7. The molecule has 2 amide bonds. The lowest BCUT2D eigenvalue weighted by Gasteiger charge is -2.31. The van der Waals surface area contributed by atoms with Gasteiger partial charge >= 0.3 is 0 Å². The van der Waals surface area contributed by atoms with Gasteiger partial charge in [-0.25, -0.2) is 0 Å². The number of nitriles is 1. The minimum atomic E-state index is -0.772. The zero-order chi connectivity index (χ0) is 21.4. The van der Waals surface area contributed by atoms with Gasteiger partial charge in [-0.2, -0.15) is 5.26 Å². The molecule has 0 bridgehead atoms. The fourth-order valence-electron chi connectivity index (χ4n) is 3.54. The zero-order valence-electron chi connectivity index (χ0n) is 16.9. The molecule has 1 fully saturated rings. The average Bonchev–Trinajstić information content (AvgIpc) is 2.79. The monoisotopic (exact) mass is 407 g/mol. The second kappa shape index (κ2) is 9.79. The van der Waals surface area contributed by atoms with Crippen LogP contribution in [0.2, 0.25) is 0 Å². The molecule has 7 heteroatoms. The Morgan fingerprint density at radius 1 is 1.07 bits per heavy atom. The van der Waals surface area contributed by atoms with E-state index < -0.39 is 5.54 Å². The molecule has 1 saturated carbocycles. The fourth-order valence-corrected chi connectivity index (χ4v) is 3.54. The number of rotatable bonds is 7. The van der Waals surface area contributed by atoms with Gasteiger partial charge in [-0.15, -0.1) is 0 Å². The number of amides is 2. The molecule has 2 aromatic carbocycles. The van der Waals surface area contributed by atoms with Crippen LogP contribution in [0.25, 0.3) is 0 Å². The molecule has 0 aromatic heterocycles. The topological polar surface area (TPSA) is 100 Å². The van der Waals surface area contributed by atoms with Gasteiger partial charge < -0.3 is 20.1 Å². The van der Waals surface area contributed by atoms with Crippen LogP contribution < -0.4 is 20.1 Å². The normalized spacial score (nSPS) is 14.8. The van der Waals surface area contributed by atoms with Crippen molar-refractivity contribution >= 4 is 17.5 Å². The summed E-state index contributed by atoms with van der Waals surface area (Å²) in [6.45, 7) is -0.170. The van der Waals surface area contributed by atoms with E-state index in [0.29, 0.717) is 35.6 Å². The van der Waals surface area contributed by atoms with Gasteiger partial charge in [0.05, 0.1) is 18.7 Å². The van der Waals surface area contributed by atoms with Gasteiger partial charge in [-0.3, -0.25) is 9.59 Å². The van der Waals surface area contributed by atoms with Crippen molar-refractivity contribution in [1.82, 2.24) is 5.32 Å². The number of anilines is 1. The molecule has 1 aliphatic rings. The van der Waals surface area contributed by atoms with Gasteiger partial charge in [0.15, 0.2) is 6.61 Å². The lowest BCUT2D eigenvalue weighted by Crippen LogP contribution is -2.50. The van der Waals surface area contributed by atoms with Gasteiger partial charge in [0.2, 0.25) is 0 Å². The Morgan fingerprint density at radius 3 is 2.43 bits per heavy atom. The van der Waals surface area contributed by atoms with Crippen molar-refractivity contribution in [3.8, 4) is 17.6 Å². The van der Waals surface area contributed by atoms with Gasteiger partial charge in [-0.1, -0.05) is 31.4 Å². The summed E-state index contributed by atoms with van der Waals surface area (Å²) in [7, 11) is 1.51. The van der Waals surface area contributed by atoms with Gasteiger partial charge in [0.1, 0.15) is 17.0 Å². The number of carbonyl (C=O) groups is 2. The fraction of sp³-hybridized carbons (Fsp3) is 0.348. The quantitative estimate of drug-likeness (QED) is 0.729. The molecule has 3 rings (SSSR count). The first-order valence-corrected chi connectivity index (χ1v) is 9.95. The summed E-state index contributed by atoms with van der Waals surface area (Å²) >= 11 is 0. The van der Waals surface area contributed by atoms with Crippen LogP contribution in [0.3, 0.4) is 0 Å². The number of carbonyl (C=O) groups excluding carboxylic acids is 2. The largest absolute Gasteiger partial charge is 0.496 e. The standard InChI is InChI=1S/C23H25N3O4/c1-29-20-8-4-3-7-19(20)22(28)25-17-9-11-18(12-10-17)30-15-21(27)26-23(16-24)13-5-2-6-14-23/h3-4,7-12H,2,5-6,13-15H2,1H3,(H,25,28)(H,26,27). The van der Waals surface area contributed by atoms with E-state index in [1.807, 2.05) is 0 Å². The third kappa shape index (κ3) is 5.29. The van der Waals surface area contributed by atoms with Crippen LogP contribution in [0, 0.1) is 11.3 Å². The van der Waals surface area contributed by atoms with Crippen LogP contribution >= 0.6 is 0 Å². The molecule has 2 aromatic rings. The Hall–Kier alpha value is -3.53. The number of benzene rings is 2. The number of nitrogens with one attached hydrogen (secondary N) is 2. The highest BCUT2D eigenvalue weighted by atomic mass is 16.5.